The Morgan fingerprint density at radius 1 is 0.556 bits per heavy atom. The lowest BCUT2D eigenvalue weighted by molar-refractivity contribution is 0.111. The topological polar surface area (TPSA) is 112 Å². The molecule has 3 rings (SSSR count). The highest BCUT2D eigenvalue weighted by molar-refractivity contribution is 5.78. The highest BCUT2D eigenvalue weighted by atomic mass is 16.3. The molecule has 0 aromatic heterocycles. The van der Waals surface area contributed by atoms with Crippen LogP contribution in [-0.2, 0) is 0 Å². The summed E-state index contributed by atoms with van der Waals surface area (Å²) in [4.78, 5) is 30.2. The summed E-state index contributed by atoms with van der Waals surface area (Å²) in [7, 11) is 0. The van der Waals surface area contributed by atoms with Crippen molar-refractivity contribution in [3.8, 4) is 17.2 Å². The Balaban J connectivity index is 0.000000202. The van der Waals surface area contributed by atoms with Crippen LogP contribution < -0.4 is 0 Å². The van der Waals surface area contributed by atoms with Crippen LogP contribution in [0.1, 0.15) is 31.1 Å². The minimum atomic E-state index is 0.0347. The molecule has 0 aliphatic carbocycles. The van der Waals surface area contributed by atoms with Gasteiger partial charge in [-0.15, -0.1) is 0 Å². The largest absolute Gasteiger partial charge is 0.508 e. The van der Waals surface area contributed by atoms with E-state index in [-0.39, 0.29) is 17.2 Å². The molecule has 6 heteroatoms. The molecule has 0 spiro atoms. The molecule has 0 fully saturated rings. The first-order chi connectivity index (χ1) is 13.0. The van der Waals surface area contributed by atoms with Crippen molar-refractivity contribution in [3.05, 3.63) is 89.5 Å². The van der Waals surface area contributed by atoms with Crippen molar-refractivity contribution < 1.29 is 29.7 Å². The molecule has 3 aromatic rings. The number of carbonyl (C=O) groups excluding carboxylic acids is 3. The van der Waals surface area contributed by atoms with E-state index >= 15 is 0 Å². The fourth-order valence-electron chi connectivity index (χ4n) is 1.74. The van der Waals surface area contributed by atoms with Gasteiger partial charge >= 0.3 is 0 Å². The molecule has 0 radical (unpaired) electrons. The number of hydrogen-bond acceptors (Lipinski definition) is 6. The standard InChI is InChI=1S/3C7H6O2/c8-5-6-1-3-7(9)4-2-6;8-5-6-2-1-3-7(9)4-6;8-5-6-3-1-2-4-7(6)9/h3*1-5,9H. The Labute approximate surface area is 156 Å². The quantitative estimate of drug-likeness (QED) is 0.611. The summed E-state index contributed by atoms with van der Waals surface area (Å²) in [5.74, 6) is 0.340. The van der Waals surface area contributed by atoms with E-state index in [0.717, 1.165) is 6.29 Å². The van der Waals surface area contributed by atoms with Crippen LogP contribution in [0.5, 0.6) is 17.2 Å². The normalized spacial score (nSPS) is 8.89. The molecule has 0 amide bonds. The molecule has 6 nitrogen and oxygen atoms in total. The monoisotopic (exact) mass is 366 g/mol. The molecule has 27 heavy (non-hydrogen) atoms. The molecular weight excluding hydrogens is 348 g/mol. The first kappa shape index (κ1) is 21.1. The second kappa shape index (κ2) is 11.6. The van der Waals surface area contributed by atoms with Crippen LogP contribution in [0.3, 0.4) is 0 Å². The number of carbonyl (C=O) groups is 3. The summed E-state index contributed by atoms with van der Waals surface area (Å²) in [5, 5.41) is 26.4. The fourth-order valence-corrected chi connectivity index (χ4v) is 1.74. The number of rotatable bonds is 3. The SMILES string of the molecule is O=Cc1ccc(O)cc1.O=Cc1cccc(O)c1.O=Cc1ccccc1O. The molecule has 3 N–H and O–H groups in total. The average Bonchev–Trinajstić information content (AvgIpc) is 2.70. The van der Waals surface area contributed by atoms with Gasteiger partial charge in [0, 0.05) is 11.1 Å². The van der Waals surface area contributed by atoms with Gasteiger partial charge in [-0.25, -0.2) is 0 Å². The number of para-hydroxylation sites is 1. The highest BCUT2D eigenvalue weighted by Gasteiger charge is 1.93. The molecule has 3 aromatic carbocycles. The summed E-state index contributed by atoms with van der Waals surface area (Å²) in [5.41, 5.74) is 1.40. The van der Waals surface area contributed by atoms with E-state index in [0.29, 0.717) is 29.3 Å². The predicted molar refractivity (Wildman–Crippen MR) is 100 cm³/mol. The predicted octanol–water partition coefficient (Wildman–Crippen LogP) is 3.61. The third-order valence-corrected chi connectivity index (χ3v) is 3.10. The second-order valence-electron chi connectivity index (χ2n) is 5.10. The van der Waals surface area contributed by atoms with Gasteiger partial charge in [-0.3, -0.25) is 14.4 Å². The van der Waals surface area contributed by atoms with Crippen LogP contribution in [0.25, 0.3) is 0 Å². The maximum absolute atomic E-state index is 10.1. The van der Waals surface area contributed by atoms with Crippen LogP contribution in [-0.4, -0.2) is 34.2 Å². The Bertz CT molecular complexity index is 872. The van der Waals surface area contributed by atoms with Crippen molar-refractivity contribution >= 4 is 18.9 Å². The van der Waals surface area contributed by atoms with Gasteiger partial charge in [0.05, 0.1) is 5.56 Å². The van der Waals surface area contributed by atoms with Gasteiger partial charge in [0.15, 0.2) is 6.29 Å². The van der Waals surface area contributed by atoms with E-state index in [1.807, 2.05) is 0 Å². The van der Waals surface area contributed by atoms with Gasteiger partial charge in [-0.05, 0) is 48.5 Å². The van der Waals surface area contributed by atoms with Gasteiger partial charge < -0.3 is 15.3 Å². The number of aldehydes is 3. The summed E-state index contributed by atoms with van der Waals surface area (Å²) in [6, 6.07) is 18.7. The Hall–Kier alpha value is -3.93. The first-order valence-electron chi connectivity index (χ1n) is 7.71. The second-order valence-corrected chi connectivity index (χ2v) is 5.10. The summed E-state index contributed by atoms with van der Waals surface area (Å²) >= 11 is 0. The first-order valence-corrected chi connectivity index (χ1v) is 7.71. The smallest absolute Gasteiger partial charge is 0.153 e. The van der Waals surface area contributed by atoms with Crippen LogP contribution in [0, 0.1) is 0 Å². The Kier molecular flexibility index (Phi) is 9.07. The fraction of sp³-hybridized carbons (Fsp3) is 0. The van der Waals surface area contributed by atoms with E-state index in [2.05, 4.69) is 0 Å². The third-order valence-electron chi connectivity index (χ3n) is 3.10. The van der Waals surface area contributed by atoms with Crippen molar-refractivity contribution in [2.24, 2.45) is 0 Å². The Morgan fingerprint density at radius 2 is 1.19 bits per heavy atom. The molecule has 0 heterocycles. The zero-order valence-corrected chi connectivity index (χ0v) is 14.2. The van der Waals surface area contributed by atoms with E-state index in [1.165, 1.54) is 30.3 Å². The maximum Gasteiger partial charge on any atom is 0.153 e. The van der Waals surface area contributed by atoms with Crippen LogP contribution >= 0.6 is 0 Å². The Morgan fingerprint density at radius 3 is 1.63 bits per heavy atom. The molecule has 0 saturated heterocycles. The van der Waals surface area contributed by atoms with Gasteiger partial charge in [0.25, 0.3) is 0 Å². The van der Waals surface area contributed by atoms with Crippen molar-refractivity contribution in [1.29, 1.82) is 0 Å². The highest BCUT2D eigenvalue weighted by Crippen LogP contribution is 2.11. The van der Waals surface area contributed by atoms with Crippen LogP contribution in [0.2, 0.25) is 0 Å². The lowest BCUT2D eigenvalue weighted by Crippen LogP contribution is -1.77. The minimum Gasteiger partial charge on any atom is -0.508 e. The van der Waals surface area contributed by atoms with Crippen molar-refractivity contribution in [1.82, 2.24) is 0 Å². The summed E-state index contributed by atoms with van der Waals surface area (Å²) < 4.78 is 0. The maximum atomic E-state index is 10.1. The van der Waals surface area contributed by atoms with Crippen molar-refractivity contribution in [2.45, 2.75) is 0 Å². The number of phenolic OH excluding ortho intramolecular Hbond substituents is 3. The average molecular weight is 366 g/mol. The third kappa shape index (κ3) is 8.13. The van der Waals surface area contributed by atoms with Gasteiger partial charge in [0.1, 0.15) is 29.8 Å². The zero-order valence-electron chi connectivity index (χ0n) is 14.2. The molecule has 0 bridgehead atoms. The molecule has 0 atom stereocenters. The zero-order chi connectivity index (χ0) is 20.1. The number of benzene rings is 3. The van der Waals surface area contributed by atoms with Gasteiger partial charge in [-0.1, -0.05) is 24.3 Å². The molecule has 0 aliphatic heterocycles. The van der Waals surface area contributed by atoms with E-state index in [9.17, 15) is 14.4 Å². The minimum absolute atomic E-state index is 0.0347. The molecule has 0 unspecified atom stereocenters. The van der Waals surface area contributed by atoms with Crippen molar-refractivity contribution in [2.75, 3.05) is 0 Å². The molecular formula is C21H18O6. The summed E-state index contributed by atoms with van der Waals surface area (Å²) in [6.07, 6.45) is 2.05. The van der Waals surface area contributed by atoms with E-state index < -0.39 is 0 Å². The van der Waals surface area contributed by atoms with Gasteiger partial charge in [0.2, 0.25) is 0 Å². The van der Waals surface area contributed by atoms with Crippen LogP contribution in [0.15, 0.2) is 72.8 Å². The van der Waals surface area contributed by atoms with Crippen LogP contribution in [0.4, 0.5) is 0 Å². The van der Waals surface area contributed by atoms with E-state index in [1.54, 1.807) is 42.5 Å². The summed E-state index contributed by atoms with van der Waals surface area (Å²) in [6.45, 7) is 0. The number of phenols is 3. The van der Waals surface area contributed by atoms with Crippen molar-refractivity contribution in [3.63, 3.8) is 0 Å². The van der Waals surface area contributed by atoms with E-state index in [4.69, 9.17) is 15.3 Å². The number of aromatic hydroxyl groups is 3. The molecule has 0 aliphatic rings. The van der Waals surface area contributed by atoms with Gasteiger partial charge in [-0.2, -0.15) is 0 Å². The molecule has 138 valence electrons. The lowest BCUT2D eigenvalue weighted by atomic mass is 10.2. The molecule has 0 saturated carbocycles. The number of hydrogen-bond donors (Lipinski definition) is 3. The lowest BCUT2D eigenvalue weighted by Gasteiger charge is -1.91.